The lowest BCUT2D eigenvalue weighted by atomic mass is 10.1. The molecule has 0 radical (unpaired) electrons. The van der Waals surface area contributed by atoms with Crippen LogP contribution in [0.25, 0.3) is 0 Å². The summed E-state index contributed by atoms with van der Waals surface area (Å²) in [6.45, 7) is 1.37. The van der Waals surface area contributed by atoms with Crippen LogP contribution in [-0.2, 0) is 10.0 Å². The van der Waals surface area contributed by atoms with Crippen molar-refractivity contribution in [2.45, 2.75) is 4.90 Å². The molecule has 0 amide bonds. The van der Waals surface area contributed by atoms with Crippen LogP contribution in [0.4, 0.5) is 15.8 Å². The van der Waals surface area contributed by atoms with Crippen LogP contribution >= 0.6 is 11.8 Å². The summed E-state index contributed by atoms with van der Waals surface area (Å²) in [5.74, 6) is -2.13. The zero-order valence-electron chi connectivity index (χ0n) is 15.0. The minimum absolute atomic E-state index is 0.00117. The number of hydrogen-bond acceptors (Lipinski definition) is 6. The Hall–Kier alpha value is -2.79. The Morgan fingerprint density at radius 1 is 1.00 bits per heavy atom. The van der Waals surface area contributed by atoms with Gasteiger partial charge in [-0.15, -0.1) is 0 Å². The van der Waals surface area contributed by atoms with Crippen molar-refractivity contribution in [1.29, 1.82) is 0 Å². The lowest BCUT2D eigenvalue weighted by Crippen LogP contribution is -2.33. The summed E-state index contributed by atoms with van der Waals surface area (Å²) < 4.78 is 40.9. The molecule has 2 aromatic carbocycles. The second kappa shape index (κ2) is 8.29. The van der Waals surface area contributed by atoms with Crippen LogP contribution < -0.4 is 9.62 Å². The largest absolute Gasteiger partial charge is 0.478 e. The van der Waals surface area contributed by atoms with E-state index in [0.29, 0.717) is 24.8 Å². The molecule has 0 saturated carbocycles. The summed E-state index contributed by atoms with van der Waals surface area (Å²) in [4.78, 5) is 24.2. The SMILES string of the molecule is O=C(O)c1cc(S(=O)(=O)Nc2ccc(N3CCSCC3)c(C(=O)O)c2)ccc1F. The number of benzene rings is 2. The molecule has 1 saturated heterocycles. The van der Waals surface area contributed by atoms with Crippen LogP contribution in [0.2, 0.25) is 0 Å². The maximum atomic E-state index is 13.5. The van der Waals surface area contributed by atoms with Crippen molar-refractivity contribution in [2.24, 2.45) is 0 Å². The standard InChI is InChI=1S/C18H17FN2O6S2/c19-15-3-2-12(10-13(15)17(22)23)29(26,27)20-11-1-4-16(14(9-11)18(24)25)21-5-7-28-8-6-21/h1-4,9-10,20H,5-8H2,(H,22,23)(H,24,25). The predicted molar refractivity (Wildman–Crippen MR) is 107 cm³/mol. The minimum Gasteiger partial charge on any atom is -0.478 e. The topological polar surface area (TPSA) is 124 Å². The molecule has 0 aliphatic carbocycles. The van der Waals surface area contributed by atoms with E-state index < -0.39 is 38.2 Å². The molecule has 154 valence electrons. The van der Waals surface area contributed by atoms with Crippen LogP contribution in [-0.4, -0.2) is 55.2 Å². The molecule has 0 atom stereocenters. The molecule has 11 heteroatoms. The van der Waals surface area contributed by atoms with Crippen molar-refractivity contribution < 1.29 is 32.6 Å². The van der Waals surface area contributed by atoms with Crippen LogP contribution in [0, 0.1) is 5.82 Å². The Labute approximate surface area is 170 Å². The van der Waals surface area contributed by atoms with Crippen LogP contribution in [0.5, 0.6) is 0 Å². The molecule has 0 bridgehead atoms. The molecule has 0 unspecified atom stereocenters. The van der Waals surface area contributed by atoms with Gasteiger partial charge in [-0.05, 0) is 36.4 Å². The van der Waals surface area contributed by atoms with E-state index in [9.17, 15) is 27.5 Å². The fourth-order valence-corrected chi connectivity index (χ4v) is 4.88. The number of carboxylic acids is 2. The highest BCUT2D eigenvalue weighted by molar-refractivity contribution is 7.99. The first-order valence-corrected chi connectivity index (χ1v) is 11.1. The van der Waals surface area contributed by atoms with Gasteiger partial charge in [0, 0.05) is 30.3 Å². The van der Waals surface area contributed by atoms with Gasteiger partial charge in [0.1, 0.15) is 5.82 Å². The Morgan fingerprint density at radius 2 is 1.66 bits per heavy atom. The molecule has 0 aromatic heterocycles. The van der Waals surface area contributed by atoms with E-state index in [1.54, 1.807) is 11.8 Å². The fourth-order valence-electron chi connectivity index (χ4n) is 2.90. The summed E-state index contributed by atoms with van der Waals surface area (Å²) in [5.41, 5.74) is -0.339. The zero-order chi connectivity index (χ0) is 21.2. The molecule has 1 aliphatic rings. The van der Waals surface area contributed by atoms with E-state index in [-0.39, 0.29) is 11.3 Å². The average Bonchev–Trinajstić information content (AvgIpc) is 2.68. The van der Waals surface area contributed by atoms with E-state index in [2.05, 4.69) is 4.72 Å². The van der Waals surface area contributed by atoms with Gasteiger partial charge < -0.3 is 15.1 Å². The Bertz CT molecular complexity index is 1070. The molecule has 1 fully saturated rings. The lowest BCUT2D eigenvalue weighted by molar-refractivity contribution is 0.0683. The van der Waals surface area contributed by atoms with Crippen LogP contribution in [0.15, 0.2) is 41.3 Å². The third-order valence-electron chi connectivity index (χ3n) is 4.31. The summed E-state index contributed by atoms with van der Waals surface area (Å²) in [6, 6.07) is 6.56. The first-order valence-electron chi connectivity index (χ1n) is 8.45. The third kappa shape index (κ3) is 4.62. The normalized spacial score (nSPS) is 14.4. The second-order valence-corrected chi connectivity index (χ2v) is 9.10. The van der Waals surface area contributed by atoms with E-state index in [0.717, 1.165) is 23.6 Å². The number of sulfonamides is 1. The number of thioether (sulfide) groups is 1. The summed E-state index contributed by atoms with van der Waals surface area (Å²) in [6.07, 6.45) is 0. The van der Waals surface area contributed by atoms with Crippen molar-refractivity contribution in [3.8, 4) is 0 Å². The van der Waals surface area contributed by atoms with Crippen LogP contribution in [0.1, 0.15) is 20.7 Å². The van der Waals surface area contributed by atoms with Gasteiger partial charge in [-0.2, -0.15) is 11.8 Å². The number of carbonyl (C=O) groups is 2. The van der Waals surface area contributed by atoms with Crippen molar-refractivity contribution in [1.82, 2.24) is 0 Å². The second-order valence-electron chi connectivity index (χ2n) is 6.19. The highest BCUT2D eigenvalue weighted by Crippen LogP contribution is 2.28. The van der Waals surface area contributed by atoms with Gasteiger partial charge in [0.05, 0.1) is 21.7 Å². The van der Waals surface area contributed by atoms with Crippen molar-refractivity contribution >= 4 is 45.1 Å². The van der Waals surface area contributed by atoms with Crippen molar-refractivity contribution in [3.63, 3.8) is 0 Å². The molecule has 0 spiro atoms. The van der Waals surface area contributed by atoms with Crippen molar-refractivity contribution in [3.05, 3.63) is 53.3 Å². The molecule has 8 nitrogen and oxygen atoms in total. The Kier molecular flexibility index (Phi) is 5.99. The number of nitrogens with zero attached hydrogens (tertiary/aromatic N) is 1. The molecule has 1 aliphatic heterocycles. The number of carboxylic acid groups (broad SMARTS) is 2. The number of halogens is 1. The highest BCUT2D eigenvalue weighted by Gasteiger charge is 2.22. The molecule has 3 rings (SSSR count). The summed E-state index contributed by atoms with van der Waals surface area (Å²) in [7, 11) is -4.26. The monoisotopic (exact) mass is 440 g/mol. The highest BCUT2D eigenvalue weighted by atomic mass is 32.2. The molecule has 3 N–H and O–H groups in total. The smallest absolute Gasteiger partial charge is 0.338 e. The van der Waals surface area contributed by atoms with Crippen molar-refractivity contribution in [2.75, 3.05) is 34.2 Å². The minimum atomic E-state index is -4.26. The van der Waals surface area contributed by atoms with Gasteiger partial charge in [-0.1, -0.05) is 0 Å². The number of nitrogens with one attached hydrogen (secondary N) is 1. The van der Waals surface area contributed by atoms with Gasteiger partial charge >= 0.3 is 11.9 Å². The number of rotatable bonds is 6. The van der Waals surface area contributed by atoms with Gasteiger partial charge in [-0.3, -0.25) is 4.72 Å². The van der Waals surface area contributed by atoms with Gasteiger partial charge in [0.15, 0.2) is 0 Å². The summed E-state index contributed by atoms with van der Waals surface area (Å²) >= 11 is 1.77. The maximum absolute atomic E-state index is 13.5. The maximum Gasteiger partial charge on any atom is 0.338 e. The first-order chi connectivity index (χ1) is 13.7. The quantitative estimate of drug-likeness (QED) is 0.626. The predicted octanol–water partition coefficient (Wildman–Crippen LogP) is 2.58. The van der Waals surface area contributed by atoms with Gasteiger partial charge in [0.25, 0.3) is 10.0 Å². The van der Waals surface area contributed by atoms with E-state index in [1.807, 2.05) is 4.90 Å². The molecule has 29 heavy (non-hydrogen) atoms. The number of anilines is 2. The van der Waals surface area contributed by atoms with E-state index in [1.165, 1.54) is 18.2 Å². The van der Waals surface area contributed by atoms with E-state index >= 15 is 0 Å². The number of aromatic carboxylic acids is 2. The molecular weight excluding hydrogens is 423 g/mol. The molecule has 1 heterocycles. The van der Waals surface area contributed by atoms with Gasteiger partial charge in [-0.25, -0.2) is 22.4 Å². The number of hydrogen-bond donors (Lipinski definition) is 3. The summed E-state index contributed by atoms with van der Waals surface area (Å²) in [5, 5.41) is 18.5. The third-order valence-corrected chi connectivity index (χ3v) is 6.63. The average molecular weight is 440 g/mol. The molecule has 2 aromatic rings. The molecular formula is C18H17FN2O6S2. The Balaban J connectivity index is 1.93. The van der Waals surface area contributed by atoms with Gasteiger partial charge in [0.2, 0.25) is 0 Å². The van der Waals surface area contributed by atoms with E-state index in [4.69, 9.17) is 5.11 Å². The zero-order valence-corrected chi connectivity index (χ0v) is 16.6. The van der Waals surface area contributed by atoms with Crippen LogP contribution in [0.3, 0.4) is 0 Å². The fraction of sp³-hybridized carbons (Fsp3) is 0.222. The Morgan fingerprint density at radius 3 is 2.28 bits per heavy atom. The first kappa shape index (κ1) is 20.9. The lowest BCUT2D eigenvalue weighted by Gasteiger charge is -2.29.